The van der Waals surface area contributed by atoms with Crippen molar-refractivity contribution in [2.75, 3.05) is 0 Å². The summed E-state index contributed by atoms with van der Waals surface area (Å²) >= 11 is 0. The molecule has 1 atom stereocenters. The van der Waals surface area contributed by atoms with Crippen LogP contribution >= 0.6 is 0 Å². The van der Waals surface area contributed by atoms with Gasteiger partial charge in [-0.15, -0.1) is 0 Å². The van der Waals surface area contributed by atoms with Crippen molar-refractivity contribution in [2.45, 2.75) is 26.3 Å². The Hall–Kier alpha value is -0.460. The predicted molar refractivity (Wildman–Crippen MR) is 31.0 cm³/mol. The molecular formula is C6H11N. The van der Waals surface area contributed by atoms with Crippen molar-refractivity contribution in [3.63, 3.8) is 0 Å². The zero-order chi connectivity index (χ0) is 5.28. The maximum Gasteiger partial charge on any atom is 0.0265 e. The summed E-state index contributed by atoms with van der Waals surface area (Å²) in [6, 6.07) is 0.681. The summed E-state index contributed by atoms with van der Waals surface area (Å²) in [7, 11) is 0. The molecule has 1 unspecified atom stereocenters. The number of hydrogen-bond acceptors (Lipinski definition) is 1. The van der Waals surface area contributed by atoms with Crippen LogP contribution in [0.3, 0.4) is 0 Å². The Morgan fingerprint density at radius 1 is 1.86 bits per heavy atom. The first-order chi connectivity index (χ1) is 3.29. The third-order valence-electron chi connectivity index (χ3n) is 1.25. The summed E-state index contributed by atoms with van der Waals surface area (Å²) in [5.41, 5.74) is 1.33. The fraction of sp³-hybridized carbons (Fsp3) is 0.667. The Morgan fingerprint density at radius 2 is 2.57 bits per heavy atom. The van der Waals surface area contributed by atoms with Crippen LogP contribution in [0.5, 0.6) is 0 Å². The lowest BCUT2D eigenvalue weighted by Gasteiger charge is -2.01. The van der Waals surface area contributed by atoms with Crippen LogP contribution in [-0.2, 0) is 0 Å². The normalized spacial score (nSPS) is 29.4. The molecule has 0 bridgehead atoms. The molecule has 40 valence electrons. The zero-order valence-electron chi connectivity index (χ0n) is 4.86. The van der Waals surface area contributed by atoms with Gasteiger partial charge in [-0.3, -0.25) is 0 Å². The van der Waals surface area contributed by atoms with Gasteiger partial charge in [0.15, 0.2) is 0 Å². The molecule has 0 fully saturated rings. The summed E-state index contributed by atoms with van der Waals surface area (Å²) in [6.07, 6.45) is 3.43. The Bertz CT molecular complexity index is 94.4. The summed E-state index contributed by atoms with van der Waals surface area (Å²) in [5.74, 6) is 0. The highest BCUT2D eigenvalue weighted by Crippen LogP contribution is 2.05. The summed E-state index contributed by atoms with van der Waals surface area (Å²) in [5, 5.41) is 3.28. The summed E-state index contributed by atoms with van der Waals surface area (Å²) in [4.78, 5) is 0. The molecule has 0 saturated heterocycles. The number of hydrogen-bond donors (Lipinski definition) is 1. The largest absolute Gasteiger partial charge is 0.386 e. The second-order valence-corrected chi connectivity index (χ2v) is 2.17. The first-order valence-electron chi connectivity index (χ1n) is 2.72. The molecule has 1 rings (SSSR count). The van der Waals surface area contributed by atoms with E-state index in [2.05, 4.69) is 25.2 Å². The van der Waals surface area contributed by atoms with Gasteiger partial charge < -0.3 is 5.32 Å². The highest BCUT2D eigenvalue weighted by Gasteiger charge is 2.04. The summed E-state index contributed by atoms with van der Waals surface area (Å²) in [6.45, 7) is 4.29. The van der Waals surface area contributed by atoms with E-state index in [1.165, 1.54) is 12.1 Å². The number of nitrogens with one attached hydrogen (secondary N) is 1. The fourth-order valence-electron chi connectivity index (χ4n) is 0.860. The van der Waals surface area contributed by atoms with Crippen LogP contribution < -0.4 is 5.32 Å². The molecule has 1 aliphatic rings. The Morgan fingerprint density at radius 3 is 2.71 bits per heavy atom. The minimum atomic E-state index is 0.681. The Balaban J connectivity index is 2.42. The maximum atomic E-state index is 3.28. The minimum Gasteiger partial charge on any atom is -0.386 e. The van der Waals surface area contributed by atoms with Crippen LogP contribution in [0.4, 0.5) is 0 Å². The topological polar surface area (TPSA) is 12.0 Å². The van der Waals surface area contributed by atoms with Gasteiger partial charge in [-0.05, 0) is 20.3 Å². The van der Waals surface area contributed by atoms with Crippen molar-refractivity contribution in [3.8, 4) is 0 Å². The van der Waals surface area contributed by atoms with E-state index in [0.29, 0.717) is 6.04 Å². The molecule has 1 heteroatoms. The maximum absolute atomic E-state index is 3.28. The first kappa shape index (κ1) is 4.69. The quantitative estimate of drug-likeness (QED) is 0.480. The van der Waals surface area contributed by atoms with Gasteiger partial charge in [0, 0.05) is 11.7 Å². The lowest BCUT2D eigenvalue weighted by atomic mass is 10.3. The monoisotopic (exact) mass is 97.1 g/mol. The minimum absolute atomic E-state index is 0.681. The highest BCUT2D eigenvalue weighted by molar-refractivity contribution is 5.04. The molecule has 7 heavy (non-hydrogen) atoms. The van der Waals surface area contributed by atoms with Crippen molar-refractivity contribution < 1.29 is 0 Å². The Labute approximate surface area is 44.4 Å². The molecule has 0 spiro atoms. The SMILES string of the molecule is CC1=CCC(C)N1. The van der Waals surface area contributed by atoms with Crippen LogP contribution in [0, 0.1) is 0 Å². The third-order valence-corrected chi connectivity index (χ3v) is 1.25. The van der Waals surface area contributed by atoms with Gasteiger partial charge in [-0.1, -0.05) is 6.08 Å². The molecule has 0 saturated carbocycles. The molecular weight excluding hydrogens is 86.1 g/mol. The van der Waals surface area contributed by atoms with E-state index in [-0.39, 0.29) is 0 Å². The molecule has 0 aromatic rings. The average Bonchev–Trinajstić information content (AvgIpc) is 1.87. The molecule has 0 amide bonds. The van der Waals surface area contributed by atoms with E-state index in [9.17, 15) is 0 Å². The predicted octanol–water partition coefficient (Wildman–Crippen LogP) is 1.27. The van der Waals surface area contributed by atoms with Gasteiger partial charge in [0.25, 0.3) is 0 Å². The molecule has 1 N–H and O–H groups in total. The van der Waals surface area contributed by atoms with Crippen LogP contribution in [0.2, 0.25) is 0 Å². The highest BCUT2D eigenvalue weighted by atomic mass is 14.9. The van der Waals surface area contributed by atoms with Crippen LogP contribution in [0.1, 0.15) is 20.3 Å². The van der Waals surface area contributed by atoms with Crippen molar-refractivity contribution in [1.29, 1.82) is 0 Å². The first-order valence-corrected chi connectivity index (χ1v) is 2.72. The van der Waals surface area contributed by atoms with E-state index in [1.807, 2.05) is 0 Å². The van der Waals surface area contributed by atoms with E-state index in [4.69, 9.17) is 0 Å². The molecule has 0 aliphatic carbocycles. The number of allylic oxidation sites excluding steroid dienone is 1. The van der Waals surface area contributed by atoms with E-state index >= 15 is 0 Å². The second-order valence-electron chi connectivity index (χ2n) is 2.17. The van der Waals surface area contributed by atoms with Gasteiger partial charge >= 0.3 is 0 Å². The molecule has 0 radical (unpaired) electrons. The molecule has 1 heterocycles. The Kier molecular flexibility index (Phi) is 1.05. The van der Waals surface area contributed by atoms with Gasteiger partial charge in [0.1, 0.15) is 0 Å². The lowest BCUT2D eigenvalue weighted by molar-refractivity contribution is 0.671. The van der Waals surface area contributed by atoms with Crippen LogP contribution in [-0.4, -0.2) is 6.04 Å². The standard InChI is InChI=1S/C6H11N/c1-5-3-4-6(2)7-5/h3,6-7H,4H2,1-2H3. The van der Waals surface area contributed by atoms with Gasteiger partial charge in [-0.25, -0.2) is 0 Å². The zero-order valence-corrected chi connectivity index (χ0v) is 4.86. The van der Waals surface area contributed by atoms with Crippen molar-refractivity contribution in [2.24, 2.45) is 0 Å². The molecule has 0 aromatic heterocycles. The van der Waals surface area contributed by atoms with E-state index in [0.717, 1.165) is 0 Å². The van der Waals surface area contributed by atoms with Gasteiger partial charge in [0.05, 0.1) is 0 Å². The van der Waals surface area contributed by atoms with Crippen LogP contribution in [0.15, 0.2) is 11.8 Å². The molecule has 1 nitrogen and oxygen atoms in total. The average molecular weight is 97.2 g/mol. The van der Waals surface area contributed by atoms with E-state index in [1.54, 1.807) is 0 Å². The van der Waals surface area contributed by atoms with Gasteiger partial charge in [-0.2, -0.15) is 0 Å². The molecule has 1 aliphatic heterocycles. The second kappa shape index (κ2) is 1.57. The van der Waals surface area contributed by atoms with Crippen LogP contribution in [0.25, 0.3) is 0 Å². The smallest absolute Gasteiger partial charge is 0.0265 e. The van der Waals surface area contributed by atoms with Crippen molar-refractivity contribution >= 4 is 0 Å². The third kappa shape index (κ3) is 0.952. The van der Waals surface area contributed by atoms with Crippen molar-refractivity contribution in [3.05, 3.63) is 11.8 Å². The number of rotatable bonds is 0. The molecule has 0 aromatic carbocycles. The van der Waals surface area contributed by atoms with Crippen molar-refractivity contribution in [1.82, 2.24) is 5.32 Å². The lowest BCUT2D eigenvalue weighted by Crippen LogP contribution is -2.16. The van der Waals surface area contributed by atoms with Gasteiger partial charge in [0.2, 0.25) is 0 Å². The van der Waals surface area contributed by atoms with E-state index < -0.39 is 0 Å². The summed E-state index contributed by atoms with van der Waals surface area (Å²) < 4.78 is 0. The fourth-order valence-corrected chi connectivity index (χ4v) is 0.860.